The highest BCUT2D eigenvalue weighted by Gasteiger charge is 2.15. The first kappa shape index (κ1) is 21.4. The van der Waals surface area contributed by atoms with Crippen LogP contribution in [0, 0.1) is 0 Å². The Labute approximate surface area is 186 Å². The minimum absolute atomic E-state index is 0.0463. The van der Waals surface area contributed by atoms with Crippen LogP contribution in [0.3, 0.4) is 0 Å². The second kappa shape index (κ2) is 8.75. The Bertz CT molecular complexity index is 1510. The van der Waals surface area contributed by atoms with E-state index in [0.717, 1.165) is 0 Å². The van der Waals surface area contributed by atoms with Crippen molar-refractivity contribution in [2.75, 3.05) is 7.11 Å². The summed E-state index contributed by atoms with van der Waals surface area (Å²) in [6.45, 7) is 3.86. The van der Waals surface area contributed by atoms with Gasteiger partial charge in [0.25, 0.3) is 5.56 Å². The molecule has 4 rings (SSSR count). The van der Waals surface area contributed by atoms with E-state index in [1.165, 1.54) is 48.4 Å². The van der Waals surface area contributed by atoms with Crippen LogP contribution in [0.4, 0.5) is 0 Å². The lowest BCUT2D eigenvalue weighted by Gasteiger charge is -2.09. The topological polar surface area (TPSA) is 127 Å². The Morgan fingerprint density at radius 2 is 1.94 bits per heavy atom. The summed E-state index contributed by atoms with van der Waals surface area (Å²) in [6, 6.07) is 13.6. The molecule has 2 aromatic carbocycles. The number of aromatic carboxylic acids is 1. The summed E-state index contributed by atoms with van der Waals surface area (Å²) in [5.41, 5.74) is 0.419. The van der Waals surface area contributed by atoms with Crippen LogP contribution in [-0.4, -0.2) is 28.8 Å². The predicted molar refractivity (Wildman–Crippen MR) is 116 cm³/mol. The molecule has 0 fully saturated rings. The second-order valence-electron chi connectivity index (χ2n) is 6.90. The molecule has 0 spiro atoms. The number of hydrogen-bond acceptors (Lipinski definition) is 7. The zero-order chi connectivity index (χ0) is 23.5. The van der Waals surface area contributed by atoms with E-state index in [9.17, 15) is 19.5 Å². The lowest BCUT2D eigenvalue weighted by atomic mass is 10.1. The lowest BCUT2D eigenvalue weighted by molar-refractivity contribution is -0.255. The Kier molecular flexibility index (Phi) is 5.69. The summed E-state index contributed by atoms with van der Waals surface area (Å²) in [4.78, 5) is 36.2. The number of esters is 1. The summed E-state index contributed by atoms with van der Waals surface area (Å²) in [6.07, 6.45) is 2.95. The molecule has 0 aliphatic heterocycles. The zero-order valence-electron chi connectivity index (χ0n) is 17.4. The third kappa shape index (κ3) is 4.33. The van der Waals surface area contributed by atoms with Crippen molar-refractivity contribution in [2.24, 2.45) is 0 Å². The number of aromatic nitrogens is 2. The highest BCUT2D eigenvalue weighted by Crippen LogP contribution is 2.29. The maximum absolute atomic E-state index is 13.0. The third-order valence-corrected chi connectivity index (χ3v) is 4.77. The fourth-order valence-corrected chi connectivity index (χ4v) is 3.17. The normalized spacial score (nSPS) is 11.4. The van der Waals surface area contributed by atoms with Crippen LogP contribution in [0.15, 0.2) is 70.1 Å². The highest BCUT2D eigenvalue weighted by molar-refractivity contribution is 5.88. The second-order valence-corrected chi connectivity index (χ2v) is 6.90. The number of methoxy groups -OCH3 is 1. The van der Waals surface area contributed by atoms with Crippen LogP contribution in [0.2, 0.25) is 0 Å². The molecule has 166 valence electrons. The van der Waals surface area contributed by atoms with Gasteiger partial charge in [0.15, 0.2) is 11.5 Å². The fraction of sp³-hybridized carbons (Fsp3) is 0.0417. The monoisotopic (exact) mass is 445 g/mol. The number of nitrogens with one attached hydrogen (secondary N) is 1. The van der Waals surface area contributed by atoms with Crippen molar-refractivity contribution < 1.29 is 28.6 Å². The van der Waals surface area contributed by atoms with Crippen molar-refractivity contribution in [3.8, 4) is 17.2 Å². The molecule has 9 heteroatoms. The molecule has 0 unspecified atom stereocenters. The van der Waals surface area contributed by atoms with Crippen molar-refractivity contribution in [1.82, 2.24) is 9.78 Å². The largest absolute Gasteiger partial charge is 0.545 e. The number of carbonyl (C=O) groups is 2. The number of hydrogen-bond donors (Lipinski definition) is 1. The molecular weight excluding hydrogens is 428 g/mol. The standard InChI is InChI=1S/C24H18N2O7/c1-14-18(22(27)26(25-14)17-6-3-5-16(13-17)23(28)29)11-15-8-9-19(21(12-15)31-2)33-24(30)20-7-4-10-32-20/h3-13,25H,1H2,2H3,(H,28,29)/p-1. The van der Waals surface area contributed by atoms with Crippen LogP contribution >= 0.6 is 0 Å². The van der Waals surface area contributed by atoms with Gasteiger partial charge in [0.05, 0.1) is 35.6 Å². The van der Waals surface area contributed by atoms with Gasteiger partial charge in [-0.1, -0.05) is 24.8 Å². The number of furan rings is 1. The molecule has 33 heavy (non-hydrogen) atoms. The maximum Gasteiger partial charge on any atom is 0.379 e. The van der Waals surface area contributed by atoms with Gasteiger partial charge in [0.2, 0.25) is 5.76 Å². The number of ether oxygens (including phenoxy) is 2. The van der Waals surface area contributed by atoms with Crippen LogP contribution < -0.4 is 30.7 Å². The number of H-pyrrole nitrogens is 1. The number of benzene rings is 2. The Morgan fingerprint density at radius 1 is 1.12 bits per heavy atom. The first-order valence-electron chi connectivity index (χ1n) is 9.64. The van der Waals surface area contributed by atoms with E-state index < -0.39 is 17.5 Å². The molecule has 0 saturated carbocycles. The average Bonchev–Trinajstić information content (AvgIpc) is 3.44. The van der Waals surface area contributed by atoms with Crippen molar-refractivity contribution in [3.05, 3.63) is 98.7 Å². The van der Waals surface area contributed by atoms with E-state index in [0.29, 0.717) is 16.6 Å². The zero-order valence-corrected chi connectivity index (χ0v) is 17.4. The minimum Gasteiger partial charge on any atom is -0.545 e. The molecule has 0 aliphatic carbocycles. The molecule has 0 atom stereocenters. The minimum atomic E-state index is -1.35. The molecule has 0 radical (unpaired) electrons. The molecule has 4 aromatic rings. The van der Waals surface area contributed by atoms with Crippen LogP contribution in [-0.2, 0) is 0 Å². The van der Waals surface area contributed by atoms with Gasteiger partial charge in [-0.25, -0.2) is 9.48 Å². The number of rotatable bonds is 6. The molecule has 0 saturated heterocycles. The first-order valence-corrected chi connectivity index (χ1v) is 9.64. The smallest absolute Gasteiger partial charge is 0.379 e. The van der Waals surface area contributed by atoms with Crippen LogP contribution in [0.25, 0.3) is 18.3 Å². The number of carbonyl (C=O) groups excluding carboxylic acids is 2. The fourth-order valence-electron chi connectivity index (χ4n) is 3.17. The third-order valence-electron chi connectivity index (χ3n) is 4.77. The lowest BCUT2D eigenvalue weighted by Crippen LogP contribution is -2.34. The van der Waals surface area contributed by atoms with Gasteiger partial charge >= 0.3 is 5.97 Å². The number of nitrogens with zero attached hydrogens (tertiary/aromatic N) is 1. The average molecular weight is 445 g/mol. The maximum atomic E-state index is 13.0. The van der Waals surface area contributed by atoms with E-state index in [2.05, 4.69) is 11.7 Å². The van der Waals surface area contributed by atoms with Crippen LogP contribution in [0.1, 0.15) is 26.5 Å². The molecule has 0 aliphatic rings. The van der Waals surface area contributed by atoms with E-state index >= 15 is 0 Å². The van der Waals surface area contributed by atoms with Crippen molar-refractivity contribution in [3.63, 3.8) is 0 Å². The van der Waals surface area contributed by atoms with Gasteiger partial charge < -0.3 is 23.8 Å². The van der Waals surface area contributed by atoms with Gasteiger partial charge in [-0.05, 0) is 53.6 Å². The molecule has 9 nitrogen and oxygen atoms in total. The first-order chi connectivity index (χ1) is 15.9. The number of aromatic amines is 1. The Balaban J connectivity index is 1.70. The summed E-state index contributed by atoms with van der Waals surface area (Å²) >= 11 is 0. The number of carboxylic acid groups (broad SMARTS) is 1. The summed E-state index contributed by atoms with van der Waals surface area (Å²) in [5, 5.41) is 14.5. The Hall–Kier alpha value is -4.79. The van der Waals surface area contributed by atoms with Crippen molar-refractivity contribution in [2.45, 2.75) is 0 Å². The molecule has 2 aromatic heterocycles. The summed E-state index contributed by atoms with van der Waals surface area (Å²) in [7, 11) is 1.42. The Morgan fingerprint density at radius 3 is 2.64 bits per heavy atom. The van der Waals surface area contributed by atoms with Gasteiger partial charge in [-0.15, -0.1) is 0 Å². The van der Waals surface area contributed by atoms with Crippen molar-refractivity contribution >= 4 is 24.6 Å². The summed E-state index contributed by atoms with van der Waals surface area (Å²) in [5.74, 6) is -1.53. The molecule has 2 heterocycles. The summed E-state index contributed by atoms with van der Waals surface area (Å²) < 4.78 is 16.8. The van der Waals surface area contributed by atoms with Crippen LogP contribution in [0.5, 0.6) is 11.5 Å². The van der Waals surface area contributed by atoms with E-state index in [1.807, 2.05) is 0 Å². The number of carboxylic acids is 1. The van der Waals surface area contributed by atoms with E-state index in [4.69, 9.17) is 13.9 Å². The van der Waals surface area contributed by atoms with Gasteiger partial charge in [-0.3, -0.25) is 9.89 Å². The van der Waals surface area contributed by atoms with Gasteiger partial charge in [0, 0.05) is 0 Å². The molecular formula is C24H17N2O7-. The highest BCUT2D eigenvalue weighted by atomic mass is 16.6. The van der Waals surface area contributed by atoms with E-state index in [1.54, 1.807) is 30.3 Å². The quantitative estimate of drug-likeness (QED) is 0.340. The van der Waals surface area contributed by atoms with Crippen molar-refractivity contribution in [1.29, 1.82) is 0 Å². The van der Waals surface area contributed by atoms with Gasteiger partial charge in [-0.2, -0.15) is 0 Å². The SMILES string of the molecule is C=c1[nH]n(-c2cccc(C(=O)[O-])c2)c(=O)c1=Cc1ccc(OC(=O)c2ccco2)c(OC)c1. The molecule has 1 N–H and O–H groups in total. The molecule has 0 amide bonds. The predicted octanol–water partition coefficient (Wildman–Crippen LogP) is 0.589. The van der Waals surface area contributed by atoms with Gasteiger partial charge in [0.1, 0.15) is 0 Å². The van der Waals surface area contributed by atoms with E-state index in [-0.39, 0.29) is 28.0 Å². The molecule has 0 bridgehead atoms.